The van der Waals surface area contributed by atoms with Gasteiger partial charge in [-0.2, -0.15) is 0 Å². The summed E-state index contributed by atoms with van der Waals surface area (Å²) >= 11 is 0. The van der Waals surface area contributed by atoms with Crippen molar-refractivity contribution in [2.24, 2.45) is 5.73 Å². The Kier molecular flexibility index (Phi) is 7.15. The Morgan fingerprint density at radius 3 is 2.10 bits per heavy atom. The van der Waals surface area contributed by atoms with Gasteiger partial charge in [-0.1, -0.05) is 39.2 Å². The van der Waals surface area contributed by atoms with E-state index in [1.165, 1.54) is 31.8 Å². The highest BCUT2D eigenvalue weighted by atomic mass is 14.5. The first-order chi connectivity index (χ1) is 4.85. The van der Waals surface area contributed by atoms with Crippen molar-refractivity contribution in [3.05, 3.63) is 0 Å². The van der Waals surface area contributed by atoms with Gasteiger partial charge < -0.3 is 5.73 Å². The van der Waals surface area contributed by atoms with Gasteiger partial charge in [0, 0.05) is 0 Å². The Balaban J connectivity index is 3.09. The lowest BCUT2D eigenvalue weighted by atomic mass is 9.43. The van der Waals surface area contributed by atoms with E-state index in [9.17, 15) is 0 Å². The first-order valence-corrected chi connectivity index (χ1v) is 4.55. The lowest BCUT2D eigenvalue weighted by Crippen LogP contribution is -2.09. The summed E-state index contributed by atoms with van der Waals surface area (Å²) in [5, 5.41) is 0. The summed E-state index contributed by atoms with van der Waals surface area (Å²) in [5.74, 6) is 0. The summed E-state index contributed by atoms with van der Waals surface area (Å²) < 4.78 is 0. The van der Waals surface area contributed by atoms with Gasteiger partial charge in [-0.15, -0.1) is 0 Å². The second-order valence-electron chi connectivity index (χ2n) is 2.97. The standard InChI is InChI=1S/C8H20BN/c1-3-9(4-2)7-5-6-8-10/h3-8,10H2,1-2H3. The van der Waals surface area contributed by atoms with Crippen LogP contribution in [0.2, 0.25) is 19.0 Å². The molecule has 0 atom stereocenters. The molecule has 0 heterocycles. The minimum atomic E-state index is 0.861. The Morgan fingerprint density at radius 1 is 1.10 bits per heavy atom. The van der Waals surface area contributed by atoms with Crippen LogP contribution in [0.3, 0.4) is 0 Å². The SMILES string of the molecule is CCB(CC)CCCCN. The molecule has 2 N–H and O–H groups in total. The number of nitrogens with two attached hydrogens (primary N) is 1. The predicted molar refractivity (Wildman–Crippen MR) is 49.8 cm³/mol. The van der Waals surface area contributed by atoms with E-state index in [0.29, 0.717) is 0 Å². The van der Waals surface area contributed by atoms with Crippen LogP contribution >= 0.6 is 0 Å². The second kappa shape index (κ2) is 7.14. The summed E-state index contributed by atoms with van der Waals surface area (Å²) in [6, 6.07) is 0. The third kappa shape index (κ3) is 4.86. The van der Waals surface area contributed by atoms with E-state index in [4.69, 9.17) is 5.73 Å². The van der Waals surface area contributed by atoms with E-state index < -0.39 is 0 Å². The minimum Gasteiger partial charge on any atom is -0.330 e. The molecule has 0 aromatic rings. The number of hydrogen-bond acceptors (Lipinski definition) is 1. The van der Waals surface area contributed by atoms with Crippen LogP contribution in [-0.4, -0.2) is 13.3 Å². The molecule has 0 aromatic heterocycles. The molecule has 0 amide bonds. The molecule has 0 radical (unpaired) electrons. The molecular formula is C8H20BN. The largest absolute Gasteiger partial charge is 0.330 e. The van der Waals surface area contributed by atoms with Gasteiger partial charge in [0.1, 0.15) is 6.71 Å². The fourth-order valence-electron chi connectivity index (χ4n) is 1.27. The highest BCUT2D eigenvalue weighted by molar-refractivity contribution is 6.58. The molecule has 0 bridgehead atoms. The van der Waals surface area contributed by atoms with E-state index in [-0.39, 0.29) is 0 Å². The van der Waals surface area contributed by atoms with Crippen molar-refractivity contribution in [2.75, 3.05) is 6.54 Å². The van der Waals surface area contributed by atoms with Crippen LogP contribution < -0.4 is 5.73 Å². The highest BCUT2D eigenvalue weighted by Gasteiger charge is 2.05. The van der Waals surface area contributed by atoms with Crippen molar-refractivity contribution in [1.29, 1.82) is 0 Å². The van der Waals surface area contributed by atoms with E-state index in [0.717, 1.165) is 13.3 Å². The first kappa shape index (κ1) is 10.0. The summed E-state index contributed by atoms with van der Waals surface area (Å²) in [5.41, 5.74) is 5.40. The second-order valence-corrected chi connectivity index (χ2v) is 2.97. The fourth-order valence-corrected chi connectivity index (χ4v) is 1.27. The van der Waals surface area contributed by atoms with Crippen LogP contribution in [0.1, 0.15) is 26.7 Å². The number of hydrogen-bond donors (Lipinski definition) is 1. The molecule has 0 aromatic carbocycles. The summed E-state index contributed by atoms with van der Waals surface area (Å²) in [4.78, 5) is 0. The minimum absolute atomic E-state index is 0.861. The smallest absolute Gasteiger partial charge is 0.139 e. The molecule has 0 aliphatic rings. The topological polar surface area (TPSA) is 26.0 Å². The van der Waals surface area contributed by atoms with Gasteiger partial charge in [0.25, 0.3) is 0 Å². The van der Waals surface area contributed by atoms with Gasteiger partial charge in [0.15, 0.2) is 0 Å². The Labute approximate surface area is 65.5 Å². The number of rotatable bonds is 6. The molecule has 0 fully saturated rings. The van der Waals surface area contributed by atoms with Crippen LogP contribution in [0.15, 0.2) is 0 Å². The van der Waals surface area contributed by atoms with Gasteiger partial charge in [0.2, 0.25) is 0 Å². The van der Waals surface area contributed by atoms with Gasteiger partial charge in [-0.3, -0.25) is 0 Å². The van der Waals surface area contributed by atoms with Crippen LogP contribution in [0.25, 0.3) is 0 Å². The van der Waals surface area contributed by atoms with Gasteiger partial charge >= 0.3 is 0 Å². The molecule has 2 heteroatoms. The Morgan fingerprint density at radius 2 is 1.70 bits per heavy atom. The van der Waals surface area contributed by atoms with Crippen molar-refractivity contribution in [3.8, 4) is 0 Å². The molecular weight excluding hydrogens is 121 g/mol. The van der Waals surface area contributed by atoms with Gasteiger partial charge in [-0.05, 0) is 13.0 Å². The monoisotopic (exact) mass is 141 g/mol. The lowest BCUT2D eigenvalue weighted by Gasteiger charge is -2.06. The Hall–Kier alpha value is 0.0249. The van der Waals surface area contributed by atoms with Crippen molar-refractivity contribution in [1.82, 2.24) is 0 Å². The van der Waals surface area contributed by atoms with E-state index in [1.807, 2.05) is 0 Å². The molecule has 10 heavy (non-hydrogen) atoms. The highest BCUT2D eigenvalue weighted by Crippen LogP contribution is 2.08. The maximum absolute atomic E-state index is 5.40. The molecule has 1 nitrogen and oxygen atoms in total. The third-order valence-corrected chi connectivity index (χ3v) is 2.22. The maximum atomic E-state index is 5.40. The summed E-state index contributed by atoms with van der Waals surface area (Å²) in [7, 11) is 0. The van der Waals surface area contributed by atoms with E-state index in [1.54, 1.807) is 0 Å². The Bertz CT molecular complexity index is 62.3. The maximum Gasteiger partial charge on any atom is 0.139 e. The van der Waals surface area contributed by atoms with E-state index >= 15 is 0 Å². The van der Waals surface area contributed by atoms with Crippen LogP contribution in [0.5, 0.6) is 0 Å². The molecule has 0 spiro atoms. The molecule has 0 rings (SSSR count). The molecule has 60 valence electrons. The van der Waals surface area contributed by atoms with Crippen molar-refractivity contribution in [2.45, 2.75) is 45.6 Å². The van der Waals surface area contributed by atoms with Crippen LogP contribution in [-0.2, 0) is 0 Å². The van der Waals surface area contributed by atoms with Crippen molar-refractivity contribution < 1.29 is 0 Å². The molecule has 0 saturated carbocycles. The van der Waals surface area contributed by atoms with Gasteiger partial charge in [-0.25, -0.2) is 0 Å². The van der Waals surface area contributed by atoms with Crippen LogP contribution in [0.4, 0.5) is 0 Å². The summed E-state index contributed by atoms with van der Waals surface area (Å²) in [6.07, 6.45) is 6.58. The van der Waals surface area contributed by atoms with Crippen LogP contribution in [0, 0.1) is 0 Å². The molecule has 0 unspecified atom stereocenters. The predicted octanol–water partition coefficient (Wildman–Crippen LogP) is 2.26. The lowest BCUT2D eigenvalue weighted by molar-refractivity contribution is 0.797. The third-order valence-electron chi connectivity index (χ3n) is 2.22. The van der Waals surface area contributed by atoms with Crippen molar-refractivity contribution >= 4 is 6.71 Å². The van der Waals surface area contributed by atoms with Gasteiger partial charge in [0.05, 0.1) is 0 Å². The molecule has 0 aliphatic heterocycles. The zero-order chi connectivity index (χ0) is 7.82. The normalized spacial score (nSPS) is 9.90. The zero-order valence-corrected chi connectivity index (χ0v) is 7.40. The number of unbranched alkanes of at least 4 members (excludes halogenated alkanes) is 1. The fraction of sp³-hybridized carbons (Fsp3) is 1.00. The summed E-state index contributed by atoms with van der Waals surface area (Å²) in [6.45, 7) is 6.36. The molecule has 0 aliphatic carbocycles. The average molecular weight is 141 g/mol. The van der Waals surface area contributed by atoms with E-state index in [2.05, 4.69) is 13.8 Å². The zero-order valence-electron chi connectivity index (χ0n) is 7.40. The first-order valence-electron chi connectivity index (χ1n) is 4.55. The quantitative estimate of drug-likeness (QED) is 0.445. The molecule has 0 saturated heterocycles. The average Bonchev–Trinajstić information content (AvgIpc) is 1.99. The van der Waals surface area contributed by atoms with Crippen molar-refractivity contribution in [3.63, 3.8) is 0 Å².